The number of amides is 1. The van der Waals surface area contributed by atoms with Crippen LogP contribution in [-0.4, -0.2) is 79.8 Å². The molecule has 0 bridgehead atoms. The summed E-state index contributed by atoms with van der Waals surface area (Å²) in [6.45, 7) is 9.66. The first-order valence-corrected chi connectivity index (χ1v) is 19.1. The van der Waals surface area contributed by atoms with E-state index in [2.05, 4.69) is 15.1 Å². The molecule has 0 saturated carbocycles. The molecule has 0 aliphatic carbocycles. The van der Waals surface area contributed by atoms with Gasteiger partial charge >= 0.3 is 6.18 Å². The number of fused-ring (bicyclic) bond motifs is 1. The minimum Gasteiger partial charge on any atom is -0.379 e. The Bertz CT molecular complexity index is 2000. The molecule has 4 aromatic rings. The first-order chi connectivity index (χ1) is 24.2. The van der Waals surface area contributed by atoms with E-state index in [0.29, 0.717) is 37.9 Å². The van der Waals surface area contributed by atoms with Crippen LogP contribution in [0.4, 0.5) is 13.2 Å². The number of carbonyl (C=O) groups excluding carboxylic acids is 1. The molecule has 1 atom stereocenters. The van der Waals surface area contributed by atoms with Gasteiger partial charge in [0, 0.05) is 42.2 Å². The number of likely N-dealkylation sites (tertiary alicyclic amines) is 1. The van der Waals surface area contributed by atoms with E-state index in [9.17, 15) is 26.4 Å². The highest BCUT2D eigenvalue weighted by Crippen LogP contribution is 2.39. The normalized spacial score (nSPS) is 17.6. The molecule has 3 heterocycles. The quantitative estimate of drug-likeness (QED) is 0.190. The highest BCUT2D eigenvalue weighted by atomic mass is 35.5. The van der Waals surface area contributed by atoms with Gasteiger partial charge in [0.05, 0.1) is 56.8 Å². The maximum absolute atomic E-state index is 14.6. The molecule has 1 amide bonds. The van der Waals surface area contributed by atoms with Gasteiger partial charge in [0.2, 0.25) is 0 Å². The van der Waals surface area contributed by atoms with Crippen molar-refractivity contribution in [2.24, 2.45) is 0 Å². The zero-order valence-electron chi connectivity index (χ0n) is 28.8. The van der Waals surface area contributed by atoms with Crippen LogP contribution in [0, 0.1) is 0 Å². The van der Waals surface area contributed by atoms with Gasteiger partial charge in [-0.1, -0.05) is 54.1 Å². The Morgan fingerprint density at radius 1 is 0.980 bits per heavy atom. The number of pyridine rings is 1. The molecule has 0 unspecified atom stereocenters. The molecule has 6 rings (SSSR count). The van der Waals surface area contributed by atoms with E-state index < -0.39 is 38.8 Å². The number of nitrogens with one attached hydrogen (secondary N) is 1. The number of hydrogen-bond donors (Lipinski definition) is 1. The van der Waals surface area contributed by atoms with E-state index in [1.165, 1.54) is 18.2 Å². The average molecular weight is 743 g/mol. The zero-order chi connectivity index (χ0) is 36.5. The molecule has 1 N–H and O–H groups in total. The summed E-state index contributed by atoms with van der Waals surface area (Å²) in [4.78, 5) is 24.0. The lowest BCUT2D eigenvalue weighted by Crippen LogP contribution is -2.48. The lowest BCUT2D eigenvalue weighted by Gasteiger charge is -2.40. The van der Waals surface area contributed by atoms with Crippen molar-refractivity contribution in [1.29, 1.82) is 0 Å². The van der Waals surface area contributed by atoms with Gasteiger partial charge in [-0.2, -0.15) is 13.2 Å². The molecule has 2 aliphatic heterocycles. The third-order valence-corrected chi connectivity index (χ3v) is 12.5. The summed E-state index contributed by atoms with van der Waals surface area (Å²) in [7, 11) is -3.89. The second-order valence-electron chi connectivity index (χ2n) is 13.5. The summed E-state index contributed by atoms with van der Waals surface area (Å²) < 4.78 is 74.5. The fraction of sp³-hybridized carbons (Fsp3) is 0.421. The van der Waals surface area contributed by atoms with Gasteiger partial charge in [0.1, 0.15) is 0 Å². The molecule has 2 saturated heterocycles. The van der Waals surface area contributed by atoms with Crippen molar-refractivity contribution in [1.82, 2.24) is 20.1 Å². The zero-order valence-corrected chi connectivity index (χ0v) is 30.4. The molecule has 2 fully saturated rings. The van der Waals surface area contributed by atoms with E-state index in [4.69, 9.17) is 21.3 Å². The van der Waals surface area contributed by atoms with Crippen molar-refractivity contribution < 1.29 is 31.1 Å². The first-order valence-electron chi connectivity index (χ1n) is 17.2. The Balaban J connectivity index is 1.53. The smallest absolute Gasteiger partial charge is 0.379 e. The van der Waals surface area contributed by atoms with Crippen molar-refractivity contribution in [3.05, 3.63) is 94.0 Å². The molecule has 272 valence electrons. The summed E-state index contributed by atoms with van der Waals surface area (Å²) in [6, 6.07) is 17.0. The topological polar surface area (TPSA) is 91.8 Å². The van der Waals surface area contributed by atoms with Gasteiger partial charge in [0.25, 0.3) is 5.91 Å². The third-order valence-electron chi connectivity index (χ3n) is 9.91. The standard InChI is InChI=1S/C38H42ClF3N4O4S/c1-24(2)51(48,49)34-21-30-33(22-32(34)39)44-36(27-10-7-11-28(20-27)38(40,41)42)31(35(30)37(47)43-25(3)26-8-5-4-6-9-26)23-45-14-12-29(13-15-45)46-16-18-50-19-17-46/h4-11,20-22,24-25,29H,12-19,23H2,1-3H3,(H,43,47)/t25-/m0/s1. The third kappa shape index (κ3) is 8.10. The largest absolute Gasteiger partial charge is 0.416 e. The monoisotopic (exact) mass is 742 g/mol. The highest BCUT2D eigenvalue weighted by molar-refractivity contribution is 7.92. The molecule has 51 heavy (non-hydrogen) atoms. The van der Waals surface area contributed by atoms with Crippen LogP contribution in [0.5, 0.6) is 0 Å². The number of hydrogen-bond acceptors (Lipinski definition) is 7. The Labute approximate surface area is 301 Å². The molecule has 3 aromatic carbocycles. The van der Waals surface area contributed by atoms with Crippen molar-refractivity contribution in [2.45, 2.75) is 68.6 Å². The summed E-state index contributed by atoms with van der Waals surface area (Å²) >= 11 is 6.60. The Kier molecular flexibility index (Phi) is 11.1. The second kappa shape index (κ2) is 15.2. The van der Waals surface area contributed by atoms with E-state index in [1.807, 2.05) is 37.3 Å². The Morgan fingerprint density at radius 2 is 1.67 bits per heavy atom. The van der Waals surface area contributed by atoms with Gasteiger partial charge in [-0.05, 0) is 76.5 Å². The molecule has 8 nitrogen and oxygen atoms in total. The minimum atomic E-state index is -4.61. The summed E-state index contributed by atoms with van der Waals surface area (Å²) in [5.74, 6) is -0.500. The number of sulfone groups is 1. The van der Waals surface area contributed by atoms with Gasteiger partial charge in [0.15, 0.2) is 9.84 Å². The van der Waals surface area contributed by atoms with Crippen LogP contribution < -0.4 is 5.32 Å². The lowest BCUT2D eigenvalue weighted by molar-refractivity contribution is -0.137. The molecule has 0 spiro atoms. The summed E-state index contributed by atoms with van der Waals surface area (Å²) in [5.41, 5.74) is 1.16. The SMILES string of the molecule is CC(C)S(=O)(=O)c1cc2c(C(=O)N[C@@H](C)c3ccccc3)c(CN3CCC(N4CCOCC4)CC3)c(-c3cccc(C(F)(F)F)c3)nc2cc1Cl. The van der Waals surface area contributed by atoms with E-state index in [1.54, 1.807) is 19.9 Å². The number of ether oxygens (including phenoxy) is 1. The van der Waals surface area contributed by atoms with Crippen molar-refractivity contribution in [2.75, 3.05) is 39.4 Å². The number of halogens is 4. The first kappa shape index (κ1) is 37.2. The van der Waals surface area contributed by atoms with Crippen LogP contribution >= 0.6 is 11.6 Å². The van der Waals surface area contributed by atoms with Crippen LogP contribution in [0.2, 0.25) is 5.02 Å². The molecule has 2 aliphatic rings. The number of rotatable bonds is 9. The van der Waals surface area contributed by atoms with Crippen molar-refractivity contribution in [3.8, 4) is 11.3 Å². The van der Waals surface area contributed by atoms with Crippen molar-refractivity contribution >= 4 is 38.2 Å². The molecular formula is C38H42ClF3N4O4S. The lowest BCUT2D eigenvalue weighted by atomic mass is 9.93. The van der Waals surface area contributed by atoms with E-state index in [-0.39, 0.29) is 44.2 Å². The number of benzene rings is 3. The van der Waals surface area contributed by atoms with Gasteiger partial charge in [-0.25, -0.2) is 13.4 Å². The molecule has 1 aromatic heterocycles. The highest BCUT2D eigenvalue weighted by Gasteiger charge is 2.33. The van der Waals surface area contributed by atoms with Gasteiger partial charge in [-0.15, -0.1) is 0 Å². The summed E-state index contributed by atoms with van der Waals surface area (Å²) in [6.07, 6.45) is -2.86. The van der Waals surface area contributed by atoms with Gasteiger partial charge in [-0.3, -0.25) is 14.6 Å². The van der Waals surface area contributed by atoms with Crippen LogP contribution in [0.3, 0.4) is 0 Å². The predicted molar refractivity (Wildman–Crippen MR) is 193 cm³/mol. The Morgan fingerprint density at radius 3 is 2.31 bits per heavy atom. The molecule has 13 heteroatoms. The molecular weight excluding hydrogens is 701 g/mol. The number of nitrogens with zero attached hydrogens (tertiary/aromatic N) is 3. The van der Waals surface area contributed by atoms with Crippen LogP contribution in [0.1, 0.15) is 66.7 Å². The number of carbonyl (C=O) groups is 1. The minimum absolute atomic E-state index is 0.0827. The van der Waals surface area contributed by atoms with Crippen LogP contribution in [-0.2, 0) is 27.3 Å². The maximum atomic E-state index is 14.6. The Hall–Kier alpha value is -3.55. The maximum Gasteiger partial charge on any atom is 0.416 e. The second-order valence-corrected chi connectivity index (χ2v) is 16.4. The fourth-order valence-electron chi connectivity index (χ4n) is 6.97. The van der Waals surface area contributed by atoms with Crippen LogP contribution in [0.25, 0.3) is 22.2 Å². The summed E-state index contributed by atoms with van der Waals surface area (Å²) in [5, 5.41) is 2.45. The number of alkyl halides is 3. The van der Waals surface area contributed by atoms with E-state index >= 15 is 0 Å². The van der Waals surface area contributed by atoms with Gasteiger partial charge < -0.3 is 10.1 Å². The van der Waals surface area contributed by atoms with Crippen molar-refractivity contribution in [3.63, 3.8) is 0 Å². The molecule has 0 radical (unpaired) electrons. The van der Waals surface area contributed by atoms with Crippen LogP contribution in [0.15, 0.2) is 71.6 Å². The number of piperidine rings is 1. The average Bonchev–Trinajstić information content (AvgIpc) is 3.11. The number of aromatic nitrogens is 1. The van der Waals surface area contributed by atoms with E-state index in [0.717, 1.165) is 43.6 Å². The predicted octanol–water partition coefficient (Wildman–Crippen LogP) is 7.54. The fourth-order valence-corrected chi connectivity index (χ4v) is 8.58. The number of morpholine rings is 1.